The van der Waals surface area contributed by atoms with Crippen molar-refractivity contribution < 1.29 is 0 Å². The quantitative estimate of drug-likeness (QED) is 0.672. The van der Waals surface area contributed by atoms with Gasteiger partial charge in [-0.05, 0) is 29.7 Å². The van der Waals surface area contributed by atoms with Gasteiger partial charge in [0.25, 0.3) is 0 Å². The van der Waals surface area contributed by atoms with E-state index in [-0.39, 0.29) is 5.41 Å². The predicted octanol–water partition coefficient (Wildman–Crippen LogP) is 4.38. The number of hydrogen-bond acceptors (Lipinski definition) is 2. The average molecular weight is 283 g/mol. The van der Waals surface area contributed by atoms with Crippen LogP contribution in [0.2, 0.25) is 0 Å². The second kappa shape index (κ2) is 4.56. The van der Waals surface area contributed by atoms with Gasteiger partial charge in [0, 0.05) is 35.1 Å². The Bertz CT molecular complexity index is 816. The smallest absolute Gasteiger partial charge is 0.182 e. The Morgan fingerprint density at radius 3 is 2.75 bits per heavy atom. The number of hydrogen-bond donors (Lipinski definition) is 1. The zero-order chi connectivity index (χ0) is 14.3. The highest BCUT2D eigenvalue weighted by atomic mass is 32.1. The number of pyridine rings is 1. The topological polar surface area (TPSA) is 33.6 Å². The minimum absolute atomic E-state index is 0.0118. The van der Waals surface area contributed by atoms with Gasteiger partial charge in [-0.25, -0.2) is 0 Å². The van der Waals surface area contributed by atoms with Gasteiger partial charge in [0.05, 0.1) is 5.69 Å². The first kappa shape index (κ1) is 13.1. The Labute approximate surface area is 123 Å². The van der Waals surface area contributed by atoms with E-state index in [2.05, 4.69) is 53.5 Å². The van der Waals surface area contributed by atoms with E-state index in [4.69, 9.17) is 12.2 Å². The van der Waals surface area contributed by atoms with Crippen LogP contribution >= 0.6 is 12.2 Å². The number of nitrogens with one attached hydrogen (secondary N) is 1. The number of H-pyrrole nitrogens is 1. The van der Waals surface area contributed by atoms with Gasteiger partial charge < -0.3 is 4.98 Å². The molecular formula is C16H17N3S. The molecule has 0 spiro atoms. The van der Waals surface area contributed by atoms with Crippen LogP contribution in [0.3, 0.4) is 0 Å². The van der Waals surface area contributed by atoms with Crippen molar-refractivity contribution in [3.63, 3.8) is 0 Å². The molecule has 0 unspecified atom stereocenters. The van der Waals surface area contributed by atoms with E-state index in [9.17, 15) is 0 Å². The van der Waals surface area contributed by atoms with Gasteiger partial charge in [0.15, 0.2) is 4.77 Å². The van der Waals surface area contributed by atoms with Crippen LogP contribution in [0.1, 0.15) is 26.5 Å². The van der Waals surface area contributed by atoms with Gasteiger partial charge in [0.1, 0.15) is 0 Å². The maximum absolute atomic E-state index is 5.47. The normalized spacial score (nSPS) is 11.9. The summed E-state index contributed by atoms with van der Waals surface area (Å²) in [6.07, 6.45) is 5.70. The van der Waals surface area contributed by atoms with Crippen LogP contribution in [0.15, 0.2) is 42.9 Å². The van der Waals surface area contributed by atoms with E-state index in [1.807, 2.05) is 24.7 Å². The summed E-state index contributed by atoms with van der Waals surface area (Å²) in [6.45, 7) is 6.56. The van der Waals surface area contributed by atoms with E-state index >= 15 is 0 Å². The molecule has 0 saturated heterocycles. The van der Waals surface area contributed by atoms with Gasteiger partial charge in [-0.3, -0.25) is 9.55 Å². The third kappa shape index (κ3) is 2.06. The first-order valence-electron chi connectivity index (χ1n) is 6.62. The molecule has 0 aliphatic carbocycles. The average Bonchev–Trinajstić information content (AvgIpc) is 2.80. The SMILES string of the molecule is CC(C)(C)c1c[nH]c(=S)n1-c1cccc2ccncc12. The number of rotatable bonds is 1. The molecule has 0 radical (unpaired) electrons. The van der Waals surface area contributed by atoms with Crippen LogP contribution in [-0.2, 0) is 5.41 Å². The highest BCUT2D eigenvalue weighted by Gasteiger charge is 2.20. The van der Waals surface area contributed by atoms with E-state index in [0.717, 1.165) is 11.1 Å². The molecule has 0 aliphatic heterocycles. The summed E-state index contributed by atoms with van der Waals surface area (Å²) in [7, 11) is 0. The minimum atomic E-state index is 0.0118. The summed E-state index contributed by atoms with van der Waals surface area (Å²) < 4.78 is 2.82. The molecule has 0 amide bonds. The molecule has 0 fully saturated rings. The molecule has 3 aromatic rings. The second-order valence-electron chi connectivity index (χ2n) is 5.94. The maximum Gasteiger partial charge on any atom is 0.182 e. The van der Waals surface area contributed by atoms with Crippen LogP contribution in [0, 0.1) is 4.77 Å². The molecule has 0 saturated carbocycles. The van der Waals surface area contributed by atoms with Gasteiger partial charge in [0.2, 0.25) is 0 Å². The Morgan fingerprint density at radius 2 is 2.00 bits per heavy atom. The first-order valence-corrected chi connectivity index (χ1v) is 7.03. The molecule has 4 heteroatoms. The molecule has 1 N–H and O–H groups in total. The Kier molecular flexibility index (Phi) is 2.98. The fourth-order valence-electron chi connectivity index (χ4n) is 2.45. The summed E-state index contributed by atoms with van der Waals surface area (Å²) in [5, 5.41) is 2.27. The molecule has 2 heterocycles. The molecule has 0 aliphatic rings. The van der Waals surface area contributed by atoms with Crippen molar-refractivity contribution in [1.29, 1.82) is 0 Å². The zero-order valence-electron chi connectivity index (χ0n) is 11.8. The van der Waals surface area contributed by atoms with Crippen LogP contribution < -0.4 is 0 Å². The van der Waals surface area contributed by atoms with Crippen LogP contribution in [0.4, 0.5) is 0 Å². The van der Waals surface area contributed by atoms with Crippen molar-refractivity contribution in [2.24, 2.45) is 0 Å². The fraction of sp³-hybridized carbons (Fsp3) is 0.250. The Hall–Kier alpha value is -1.94. The van der Waals surface area contributed by atoms with E-state index < -0.39 is 0 Å². The number of nitrogens with zero attached hydrogens (tertiary/aromatic N) is 2. The number of aromatic amines is 1. The van der Waals surface area contributed by atoms with Crippen molar-refractivity contribution in [3.8, 4) is 5.69 Å². The number of benzene rings is 1. The van der Waals surface area contributed by atoms with E-state index in [1.165, 1.54) is 11.1 Å². The lowest BCUT2D eigenvalue weighted by molar-refractivity contribution is 0.556. The van der Waals surface area contributed by atoms with Gasteiger partial charge in [-0.15, -0.1) is 0 Å². The highest BCUT2D eigenvalue weighted by molar-refractivity contribution is 7.71. The van der Waals surface area contributed by atoms with E-state index in [0.29, 0.717) is 4.77 Å². The monoisotopic (exact) mass is 283 g/mol. The highest BCUT2D eigenvalue weighted by Crippen LogP contribution is 2.28. The van der Waals surface area contributed by atoms with Gasteiger partial charge in [-0.1, -0.05) is 32.9 Å². The lowest BCUT2D eigenvalue weighted by Crippen LogP contribution is -2.16. The fourth-order valence-corrected chi connectivity index (χ4v) is 2.71. The van der Waals surface area contributed by atoms with Crippen molar-refractivity contribution in [1.82, 2.24) is 14.5 Å². The third-order valence-electron chi connectivity index (χ3n) is 3.45. The van der Waals surface area contributed by atoms with Crippen LogP contribution in [0.5, 0.6) is 0 Å². The molecule has 1 aromatic carbocycles. The summed E-state index contributed by atoms with van der Waals surface area (Å²) >= 11 is 5.47. The Balaban J connectivity index is 2.38. The van der Waals surface area contributed by atoms with Crippen LogP contribution in [0.25, 0.3) is 16.5 Å². The zero-order valence-corrected chi connectivity index (χ0v) is 12.7. The largest absolute Gasteiger partial charge is 0.337 e. The minimum Gasteiger partial charge on any atom is -0.337 e. The molecule has 20 heavy (non-hydrogen) atoms. The molecule has 0 bridgehead atoms. The van der Waals surface area contributed by atoms with E-state index in [1.54, 1.807) is 0 Å². The van der Waals surface area contributed by atoms with Gasteiger partial charge in [-0.2, -0.15) is 0 Å². The molecule has 102 valence electrons. The molecule has 3 rings (SSSR count). The lowest BCUT2D eigenvalue weighted by Gasteiger charge is -2.21. The lowest BCUT2D eigenvalue weighted by atomic mass is 9.92. The summed E-state index contributed by atoms with van der Waals surface area (Å²) in [5.74, 6) is 0. The summed E-state index contributed by atoms with van der Waals surface area (Å²) in [4.78, 5) is 7.41. The second-order valence-corrected chi connectivity index (χ2v) is 6.33. The maximum atomic E-state index is 5.47. The predicted molar refractivity (Wildman–Crippen MR) is 85.0 cm³/mol. The van der Waals surface area contributed by atoms with Gasteiger partial charge >= 0.3 is 0 Å². The first-order chi connectivity index (χ1) is 9.48. The number of fused-ring (bicyclic) bond motifs is 1. The van der Waals surface area contributed by atoms with Crippen molar-refractivity contribution in [2.75, 3.05) is 0 Å². The number of imidazole rings is 1. The molecule has 2 aromatic heterocycles. The van der Waals surface area contributed by atoms with Crippen molar-refractivity contribution >= 4 is 23.0 Å². The third-order valence-corrected chi connectivity index (χ3v) is 3.75. The summed E-state index contributed by atoms with van der Waals surface area (Å²) in [6, 6.07) is 8.25. The standard InChI is InChI=1S/C16H17N3S/c1-16(2,3)14-10-18-15(20)19(14)13-6-4-5-11-7-8-17-9-12(11)13/h4-10H,1-3H3,(H,18,20). The van der Waals surface area contributed by atoms with Crippen molar-refractivity contribution in [2.45, 2.75) is 26.2 Å². The number of aromatic nitrogens is 3. The molecule has 0 atom stereocenters. The molecule has 3 nitrogen and oxygen atoms in total. The molecular weight excluding hydrogens is 266 g/mol. The van der Waals surface area contributed by atoms with Crippen molar-refractivity contribution in [3.05, 3.63) is 53.3 Å². The Morgan fingerprint density at radius 1 is 1.20 bits per heavy atom. The summed E-state index contributed by atoms with van der Waals surface area (Å²) in [5.41, 5.74) is 2.25. The van der Waals surface area contributed by atoms with Crippen LogP contribution in [-0.4, -0.2) is 14.5 Å².